The van der Waals surface area contributed by atoms with Crippen LogP contribution in [-0.2, 0) is 4.79 Å². The fourth-order valence-electron chi connectivity index (χ4n) is 5.21. The number of unbranched alkanes of at least 4 members (excludes halogenated alkanes) is 15. The number of hydrogen-bond acceptors (Lipinski definition) is 2. The van der Waals surface area contributed by atoms with Gasteiger partial charge in [0.05, 0.1) is 19.6 Å². The van der Waals surface area contributed by atoms with Crippen molar-refractivity contribution in [2.45, 2.75) is 136 Å². The quantitative estimate of drug-likeness (QED) is 0.0906. The van der Waals surface area contributed by atoms with E-state index in [9.17, 15) is 4.79 Å². The molecule has 4 heteroatoms. The Morgan fingerprint density at radius 2 is 1.35 bits per heavy atom. The zero-order valence-corrected chi connectivity index (χ0v) is 23.2. The summed E-state index contributed by atoms with van der Waals surface area (Å²) in [6.45, 7) is 11.1. The van der Waals surface area contributed by atoms with Gasteiger partial charge in [-0.3, -0.25) is 9.28 Å². The SMILES string of the molecule is CCCCCCCC/C=C/CCCCCCCCCCCC1=NCC[N+]1(CC)CCNC(C)=O. The van der Waals surface area contributed by atoms with E-state index in [1.165, 1.54) is 115 Å². The number of amides is 1. The molecule has 1 amide bonds. The standard InChI is InChI=1S/C30H57N3O/c1-4-6-7-8-9-10-11-12-13-14-15-16-17-18-19-20-21-22-23-24-30-32-26-28-33(30,5-2)27-25-31-29(3)34/h12-13H,4-11,14-28H2,1-3H3/p+1/b13-12+. The van der Waals surface area contributed by atoms with Crippen LogP contribution in [0.4, 0.5) is 0 Å². The molecule has 0 fully saturated rings. The molecule has 1 unspecified atom stereocenters. The molecule has 1 rings (SSSR count). The van der Waals surface area contributed by atoms with Crippen molar-refractivity contribution in [3.63, 3.8) is 0 Å². The maximum atomic E-state index is 11.2. The molecule has 0 aromatic rings. The van der Waals surface area contributed by atoms with Crippen LogP contribution in [0.5, 0.6) is 0 Å². The van der Waals surface area contributed by atoms with Crippen molar-refractivity contribution >= 4 is 11.7 Å². The highest BCUT2D eigenvalue weighted by molar-refractivity contribution is 5.77. The van der Waals surface area contributed by atoms with Gasteiger partial charge in [-0.25, -0.2) is 4.99 Å². The van der Waals surface area contributed by atoms with E-state index in [4.69, 9.17) is 4.99 Å². The van der Waals surface area contributed by atoms with Gasteiger partial charge in [0.15, 0.2) is 5.84 Å². The fourth-order valence-corrected chi connectivity index (χ4v) is 5.21. The van der Waals surface area contributed by atoms with Crippen molar-refractivity contribution in [3.05, 3.63) is 12.2 Å². The molecule has 198 valence electrons. The highest BCUT2D eigenvalue weighted by Crippen LogP contribution is 2.20. The molecule has 1 atom stereocenters. The number of nitrogens with one attached hydrogen (secondary N) is 1. The Bertz CT molecular complexity index is 557. The smallest absolute Gasteiger partial charge is 0.217 e. The van der Waals surface area contributed by atoms with Crippen molar-refractivity contribution in [1.29, 1.82) is 0 Å². The predicted octanol–water partition coefficient (Wildman–Crippen LogP) is 7.97. The third-order valence-electron chi connectivity index (χ3n) is 7.55. The number of likely N-dealkylation sites (N-methyl/N-ethyl adjacent to an activating group) is 1. The van der Waals surface area contributed by atoms with Crippen LogP contribution in [0.2, 0.25) is 0 Å². The second-order valence-electron chi connectivity index (χ2n) is 10.4. The molecular formula is C30H58N3O+. The normalized spacial score (nSPS) is 18.0. The second-order valence-corrected chi connectivity index (χ2v) is 10.4. The lowest BCUT2D eigenvalue weighted by molar-refractivity contribution is -0.833. The highest BCUT2D eigenvalue weighted by atomic mass is 16.1. The first kappa shape index (κ1) is 30.9. The van der Waals surface area contributed by atoms with Gasteiger partial charge in [0.2, 0.25) is 5.91 Å². The molecule has 0 spiro atoms. The summed E-state index contributed by atoms with van der Waals surface area (Å²) in [4.78, 5) is 16.0. The Hall–Kier alpha value is -1.16. The Labute approximate surface area is 212 Å². The molecule has 1 N–H and O–H groups in total. The molecule has 0 radical (unpaired) electrons. The Kier molecular flexibility index (Phi) is 19.2. The molecule has 0 aromatic heterocycles. The topological polar surface area (TPSA) is 41.5 Å². The van der Waals surface area contributed by atoms with Gasteiger partial charge in [-0.15, -0.1) is 0 Å². The minimum atomic E-state index is 0.0718. The van der Waals surface area contributed by atoms with Gasteiger partial charge >= 0.3 is 0 Å². The maximum absolute atomic E-state index is 11.2. The second kappa shape index (κ2) is 21.1. The van der Waals surface area contributed by atoms with Crippen LogP contribution in [0.25, 0.3) is 0 Å². The Morgan fingerprint density at radius 1 is 0.824 bits per heavy atom. The number of allylic oxidation sites excluding steroid dienone is 2. The molecule has 0 aromatic carbocycles. The van der Waals surface area contributed by atoms with Crippen LogP contribution in [0.15, 0.2) is 17.1 Å². The zero-order valence-electron chi connectivity index (χ0n) is 23.2. The number of hydrogen-bond donors (Lipinski definition) is 1. The van der Waals surface area contributed by atoms with Crippen LogP contribution in [0.1, 0.15) is 136 Å². The summed E-state index contributed by atoms with van der Waals surface area (Å²) >= 11 is 0. The third kappa shape index (κ3) is 15.0. The van der Waals surface area contributed by atoms with Crippen molar-refractivity contribution in [1.82, 2.24) is 5.32 Å². The number of aliphatic imine (C=N–C) groups is 1. The van der Waals surface area contributed by atoms with E-state index in [1.54, 1.807) is 6.92 Å². The van der Waals surface area contributed by atoms with E-state index < -0.39 is 0 Å². The van der Waals surface area contributed by atoms with E-state index in [2.05, 4.69) is 31.3 Å². The summed E-state index contributed by atoms with van der Waals surface area (Å²) in [5.41, 5.74) is 0. The van der Waals surface area contributed by atoms with Crippen LogP contribution in [0.3, 0.4) is 0 Å². The molecule has 0 saturated carbocycles. The summed E-state index contributed by atoms with van der Waals surface area (Å²) in [5, 5.41) is 2.97. The van der Waals surface area contributed by atoms with Gasteiger partial charge in [0.1, 0.15) is 13.1 Å². The lowest BCUT2D eigenvalue weighted by Gasteiger charge is -2.33. The molecule has 4 nitrogen and oxygen atoms in total. The van der Waals surface area contributed by atoms with Crippen molar-refractivity contribution in [2.24, 2.45) is 4.99 Å². The summed E-state index contributed by atoms with van der Waals surface area (Å²) < 4.78 is 0.995. The molecular weight excluding hydrogens is 418 g/mol. The monoisotopic (exact) mass is 476 g/mol. The van der Waals surface area contributed by atoms with E-state index in [0.717, 1.165) is 43.6 Å². The lowest BCUT2D eigenvalue weighted by Crippen LogP contribution is -2.54. The fraction of sp³-hybridized carbons (Fsp3) is 0.867. The Morgan fingerprint density at radius 3 is 1.88 bits per heavy atom. The van der Waals surface area contributed by atoms with Crippen molar-refractivity contribution in [3.8, 4) is 0 Å². The number of rotatable bonds is 23. The summed E-state index contributed by atoms with van der Waals surface area (Å²) in [7, 11) is 0. The van der Waals surface area contributed by atoms with E-state index >= 15 is 0 Å². The number of amidine groups is 1. The number of quaternary nitrogens is 1. The van der Waals surface area contributed by atoms with Gasteiger partial charge in [0.25, 0.3) is 0 Å². The first-order chi connectivity index (χ1) is 16.6. The lowest BCUT2D eigenvalue weighted by atomic mass is 10.0. The van der Waals surface area contributed by atoms with E-state index in [-0.39, 0.29) is 5.91 Å². The third-order valence-corrected chi connectivity index (χ3v) is 7.55. The molecule has 34 heavy (non-hydrogen) atoms. The summed E-state index contributed by atoms with van der Waals surface area (Å²) in [5.74, 6) is 1.46. The first-order valence-electron chi connectivity index (χ1n) is 14.9. The number of carbonyl (C=O) groups excluding carboxylic acids is 1. The molecule has 0 bridgehead atoms. The van der Waals surface area contributed by atoms with Crippen LogP contribution >= 0.6 is 0 Å². The van der Waals surface area contributed by atoms with E-state index in [1.807, 2.05) is 0 Å². The molecule has 1 aliphatic heterocycles. The van der Waals surface area contributed by atoms with Gasteiger partial charge in [0, 0.05) is 13.3 Å². The predicted molar refractivity (Wildman–Crippen MR) is 149 cm³/mol. The van der Waals surface area contributed by atoms with Gasteiger partial charge in [-0.1, -0.05) is 96.1 Å². The maximum Gasteiger partial charge on any atom is 0.217 e. The van der Waals surface area contributed by atoms with E-state index in [0.29, 0.717) is 0 Å². The number of carbonyl (C=O) groups is 1. The largest absolute Gasteiger partial charge is 0.351 e. The number of nitrogens with zero attached hydrogens (tertiary/aromatic N) is 2. The average molecular weight is 477 g/mol. The minimum Gasteiger partial charge on any atom is -0.351 e. The van der Waals surface area contributed by atoms with Crippen LogP contribution in [-0.4, -0.2) is 48.9 Å². The molecule has 1 aliphatic rings. The van der Waals surface area contributed by atoms with Crippen molar-refractivity contribution in [2.75, 3.05) is 32.7 Å². The zero-order chi connectivity index (χ0) is 24.7. The molecule has 0 aliphatic carbocycles. The summed E-state index contributed by atoms with van der Waals surface area (Å²) in [6, 6.07) is 0. The van der Waals surface area contributed by atoms with Gasteiger partial charge in [-0.2, -0.15) is 0 Å². The molecule has 0 saturated heterocycles. The Balaban J connectivity index is 1.92. The molecule has 1 heterocycles. The minimum absolute atomic E-state index is 0.0718. The highest BCUT2D eigenvalue weighted by Gasteiger charge is 2.35. The van der Waals surface area contributed by atoms with Gasteiger partial charge < -0.3 is 5.32 Å². The first-order valence-corrected chi connectivity index (χ1v) is 14.9. The average Bonchev–Trinajstić information content (AvgIpc) is 3.23. The summed E-state index contributed by atoms with van der Waals surface area (Å²) in [6.07, 6.45) is 29.3. The van der Waals surface area contributed by atoms with Crippen LogP contribution in [0, 0.1) is 0 Å². The van der Waals surface area contributed by atoms with Crippen LogP contribution < -0.4 is 5.32 Å². The van der Waals surface area contributed by atoms with Gasteiger partial charge in [-0.05, 0) is 39.0 Å². The van der Waals surface area contributed by atoms with Crippen molar-refractivity contribution < 1.29 is 9.28 Å².